The van der Waals surface area contributed by atoms with Gasteiger partial charge in [0.1, 0.15) is 5.78 Å². The predicted molar refractivity (Wildman–Crippen MR) is 40.3 cm³/mol. The Labute approximate surface area is 61.8 Å². The van der Waals surface area contributed by atoms with Gasteiger partial charge in [-0.25, -0.2) is 0 Å². The largest absolute Gasteiger partial charge is 0.300 e. The van der Waals surface area contributed by atoms with Gasteiger partial charge in [0.15, 0.2) is 0 Å². The molecule has 0 spiro atoms. The third-order valence-electron chi connectivity index (χ3n) is 2.25. The van der Waals surface area contributed by atoms with Crippen LogP contribution in [0.5, 0.6) is 0 Å². The van der Waals surface area contributed by atoms with Crippen LogP contribution in [0.3, 0.4) is 0 Å². The van der Waals surface area contributed by atoms with E-state index in [4.69, 9.17) is 6.42 Å². The highest BCUT2D eigenvalue weighted by atomic mass is 16.1. The van der Waals surface area contributed by atoms with Crippen molar-refractivity contribution in [3.05, 3.63) is 0 Å². The fourth-order valence-electron chi connectivity index (χ4n) is 1.65. The molecule has 1 nitrogen and oxygen atoms in total. The topological polar surface area (TPSA) is 17.1 Å². The zero-order chi connectivity index (χ0) is 7.56. The summed E-state index contributed by atoms with van der Waals surface area (Å²) in [5.41, 5.74) is 0. The van der Waals surface area contributed by atoms with Crippen molar-refractivity contribution >= 4 is 5.78 Å². The van der Waals surface area contributed by atoms with Crippen molar-refractivity contribution in [2.24, 2.45) is 11.8 Å². The third kappa shape index (κ3) is 1.21. The Morgan fingerprint density at radius 3 is 2.70 bits per heavy atom. The second-order valence-electron chi connectivity index (χ2n) is 2.92. The summed E-state index contributed by atoms with van der Waals surface area (Å²) in [5.74, 6) is 3.34. The van der Waals surface area contributed by atoms with E-state index in [2.05, 4.69) is 5.92 Å². The van der Waals surface area contributed by atoms with E-state index in [9.17, 15) is 4.79 Å². The van der Waals surface area contributed by atoms with Gasteiger partial charge in [0.2, 0.25) is 0 Å². The van der Waals surface area contributed by atoms with Crippen molar-refractivity contribution in [3.63, 3.8) is 0 Å². The molecule has 0 amide bonds. The van der Waals surface area contributed by atoms with E-state index < -0.39 is 0 Å². The smallest absolute Gasteiger partial charge is 0.134 e. The van der Waals surface area contributed by atoms with E-state index >= 15 is 0 Å². The van der Waals surface area contributed by atoms with E-state index in [0.717, 1.165) is 19.3 Å². The molecule has 0 N–H and O–H groups in total. The molecular weight excluding hydrogens is 124 g/mol. The van der Waals surface area contributed by atoms with Crippen molar-refractivity contribution < 1.29 is 4.79 Å². The molecule has 1 aliphatic rings. The summed E-state index contributed by atoms with van der Waals surface area (Å²) in [6, 6.07) is 0. The minimum Gasteiger partial charge on any atom is -0.300 e. The fourth-order valence-corrected chi connectivity index (χ4v) is 1.65. The van der Waals surface area contributed by atoms with Crippen LogP contribution in [0.15, 0.2) is 0 Å². The summed E-state index contributed by atoms with van der Waals surface area (Å²) in [5, 5.41) is 0. The molecule has 1 saturated carbocycles. The number of ketones is 1. The fraction of sp³-hybridized carbons (Fsp3) is 0.667. The number of carbonyl (C=O) groups excluding carboxylic acids is 1. The molecule has 0 saturated heterocycles. The molecule has 0 aromatic heterocycles. The van der Waals surface area contributed by atoms with E-state index in [1.165, 1.54) is 0 Å². The zero-order valence-corrected chi connectivity index (χ0v) is 6.26. The van der Waals surface area contributed by atoms with Crippen LogP contribution in [0.2, 0.25) is 0 Å². The number of hydrogen-bond donors (Lipinski definition) is 0. The highest BCUT2D eigenvalue weighted by Gasteiger charge is 2.28. The van der Waals surface area contributed by atoms with E-state index in [1.54, 1.807) is 6.92 Å². The van der Waals surface area contributed by atoms with Crippen LogP contribution in [0.1, 0.15) is 26.2 Å². The summed E-state index contributed by atoms with van der Waals surface area (Å²) in [4.78, 5) is 10.9. The van der Waals surface area contributed by atoms with Gasteiger partial charge in [-0.2, -0.15) is 0 Å². The van der Waals surface area contributed by atoms with Gasteiger partial charge in [0.05, 0.1) is 0 Å². The Morgan fingerprint density at radius 2 is 2.30 bits per heavy atom. The van der Waals surface area contributed by atoms with Gasteiger partial charge in [-0.1, -0.05) is 6.42 Å². The quantitative estimate of drug-likeness (QED) is 0.501. The predicted octanol–water partition coefficient (Wildman–Crippen LogP) is 1.62. The second kappa shape index (κ2) is 2.88. The number of rotatable bonds is 1. The Kier molecular flexibility index (Phi) is 2.11. The first-order chi connectivity index (χ1) is 4.75. The Bertz CT molecular complexity index is 176. The number of terminal acetylenes is 1. The molecule has 1 fully saturated rings. The first-order valence-corrected chi connectivity index (χ1v) is 3.72. The maximum Gasteiger partial charge on any atom is 0.134 e. The first kappa shape index (κ1) is 7.34. The normalized spacial score (nSPS) is 31.6. The highest BCUT2D eigenvalue weighted by Crippen LogP contribution is 2.31. The summed E-state index contributed by atoms with van der Waals surface area (Å²) in [6.07, 6.45) is 8.43. The summed E-state index contributed by atoms with van der Waals surface area (Å²) < 4.78 is 0. The van der Waals surface area contributed by atoms with Crippen LogP contribution in [0, 0.1) is 24.2 Å². The summed E-state index contributed by atoms with van der Waals surface area (Å²) in [6.45, 7) is 1.64. The SMILES string of the molecule is C#CC1CCCC1C(C)=O. The lowest BCUT2D eigenvalue weighted by atomic mass is 9.94. The van der Waals surface area contributed by atoms with Gasteiger partial charge < -0.3 is 0 Å². The molecule has 1 rings (SSSR count). The van der Waals surface area contributed by atoms with Gasteiger partial charge in [-0.15, -0.1) is 12.3 Å². The van der Waals surface area contributed by atoms with E-state index in [-0.39, 0.29) is 17.6 Å². The maximum atomic E-state index is 10.9. The molecule has 2 atom stereocenters. The molecule has 0 aromatic rings. The van der Waals surface area contributed by atoms with Gasteiger partial charge in [0, 0.05) is 11.8 Å². The maximum absolute atomic E-state index is 10.9. The number of carbonyl (C=O) groups is 1. The Morgan fingerprint density at radius 1 is 1.60 bits per heavy atom. The molecule has 54 valence electrons. The Hall–Kier alpha value is -0.770. The lowest BCUT2D eigenvalue weighted by molar-refractivity contribution is -0.121. The molecule has 1 aliphatic carbocycles. The van der Waals surface area contributed by atoms with Gasteiger partial charge in [0.25, 0.3) is 0 Å². The molecule has 10 heavy (non-hydrogen) atoms. The molecule has 0 heterocycles. The Balaban J connectivity index is 2.61. The van der Waals surface area contributed by atoms with Crippen LogP contribution in [0.25, 0.3) is 0 Å². The van der Waals surface area contributed by atoms with Crippen molar-refractivity contribution in [2.45, 2.75) is 26.2 Å². The van der Waals surface area contributed by atoms with Crippen molar-refractivity contribution in [1.29, 1.82) is 0 Å². The van der Waals surface area contributed by atoms with Crippen LogP contribution < -0.4 is 0 Å². The number of hydrogen-bond acceptors (Lipinski definition) is 1. The van der Waals surface area contributed by atoms with Crippen molar-refractivity contribution in [3.8, 4) is 12.3 Å². The highest BCUT2D eigenvalue weighted by molar-refractivity contribution is 5.79. The molecular formula is C9H12O. The summed E-state index contributed by atoms with van der Waals surface area (Å²) in [7, 11) is 0. The third-order valence-corrected chi connectivity index (χ3v) is 2.25. The van der Waals surface area contributed by atoms with Crippen LogP contribution in [-0.2, 0) is 4.79 Å². The van der Waals surface area contributed by atoms with Crippen molar-refractivity contribution in [2.75, 3.05) is 0 Å². The average molecular weight is 136 g/mol. The van der Waals surface area contributed by atoms with Gasteiger partial charge in [-0.05, 0) is 19.8 Å². The molecule has 0 aliphatic heterocycles. The molecule has 0 radical (unpaired) electrons. The first-order valence-electron chi connectivity index (χ1n) is 3.72. The molecule has 0 aromatic carbocycles. The minimum atomic E-state index is 0.171. The minimum absolute atomic E-state index is 0.171. The van der Waals surface area contributed by atoms with Crippen LogP contribution in [-0.4, -0.2) is 5.78 Å². The zero-order valence-electron chi connectivity index (χ0n) is 6.26. The van der Waals surface area contributed by atoms with Crippen LogP contribution >= 0.6 is 0 Å². The van der Waals surface area contributed by atoms with E-state index in [1.807, 2.05) is 0 Å². The second-order valence-corrected chi connectivity index (χ2v) is 2.92. The molecule has 0 bridgehead atoms. The van der Waals surface area contributed by atoms with Crippen LogP contribution in [0.4, 0.5) is 0 Å². The summed E-state index contributed by atoms with van der Waals surface area (Å²) >= 11 is 0. The van der Waals surface area contributed by atoms with E-state index in [0.29, 0.717) is 0 Å². The van der Waals surface area contributed by atoms with Crippen molar-refractivity contribution in [1.82, 2.24) is 0 Å². The lowest BCUT2D eigenvalue weighted by Crippen LogP contribution is -2.14. The lowest BCUT2D eigenvalue weighted by Gasteiger charge is -2.08. The monoisotopic (exact) mass is 136 g/mol. The average Bonchev–Trinajstić information content (AvgIpc) is 2.33. The van der Waals surface area contributed by atoms with Gasteiger partial charge >= 0.3 is 0 Å². The molecule has 1 heteroatoms. The molecule has 2 unspecified atom stereocenters. The number of Topliss-reactive ketones (excluding diaryl/α,β-unsaturated/α-hetero) is 1. The standard InChI is InChI=1S/C9H12O/c1-3-8-5-4-6-9(8)7(2)10/h1,8-9H,4-6H2,2H3. The van der Waals surface area contributed by atoms with Gasteiger partial charge in [-0.3, -0.25) is 4.79 Å².